The molecule has 0 saturated carbocycles. The van der Waals surface area contributed by atoms with E-state index in [1.54, 1.807) is 27.7 Å². The highest BCUT2D eigenvalue weighted by Gasteiger charge is 2.25. The molecule has 152 valence electrons. The van der Waals surface area contributed by atoms with Crippen LogP contribution in [0.15, 0.2) is 30.3 Å². The molecule has 2 aromatic rings. The number of thiazole rings is 1. The summed E-state index contributed by atoms with van der Waals surface area (Å²) in [6.07, 6.45) is -0.576. The highest BCUT2D eigenvalue weighted by Crippen LogP contribution is 2.25. The van der Waals surface area contributed by atoms with E-state index in [1.165, 1.54) is 18.4 Å². The molecule has 1 atom stereocenters. The van der Waals surface area contributed by atoms with Crippen molar-refractivity contribution in [2.75, 3.05) is 13.7 Å². The Labute approximate surface area is 169 Å². The number of nitrogens with zero attached hydrogens (tertiary/aromatic N) is 1. The zero-order valence-electron chi connectivity index (χ0n) is 16.8. The van der Waals surface area contributed by atoms with E-state index in [9.17, 15) is 9.59 Å². The van der Waals surface area contributed by atoms with Gasteiger partial charge in [-0.05, 0) is 33.3 Å². The first-order valence-electron chi connectivity index (χ1n) is 8.86. The standard InChI is InChI=1S/C20H26N2O5S/c1-13-16(18(23)25-5)22-17(28-13)15(21-19(24)27-20(2,3)4)12-26-11-14-9-7-6-8-10-14/h6-10,15H,11-12H2,1-5H3,(H,21,24)/t15-/m0/s1. The maximum absolute atomic E-state index is 12.3. The third-order valence-electron chi connectivity index (χ3n) is 3.58. The third kappa shape index (κ3) is 6.61. The summed E-state index contributed by atoms with van der Waals surface area (Å²) in [6, 6.07) is 9.16. The highest BCUT2D eigenvalue weighted by molar-refractivity contribution is 7.12. The van der Waals surface area contributed by atoms with Crippen molar-refractivity contribution in [1.29, 1.82) is 0 Å². The number of esters is 1. The van der Waals surface area contributed by atoms with Gasteiger partial charge in [0.15, 0.2) is 5.69 Å². The number of nitrogens with one attached hydrogen (secondary N) is 1. The van der Waals surface area contributed by atoms with Gasteiger partial charge in [-0.2, -0.15) is 0 Å². The molecule has 1 heterocycles. The molecule has 0 aliphatic carbocycles. The molecule has 1 aromatic heterocycles. The minimum atomic E-state index is -0.629. The van der Waals surface area contributed by atoms with Gasteiger partial charge in [0, 0.05) is 4.88 Å². The van der Waals surface area contributed by atoms with Gasteiger partial charge in [0.05, 0.1) is 20.3 Å². The molecule has 28 heavy (non-hydrogen) atoms. The summed E-state index contributed by atoms with van der Waals surface area (Å²) in [5, 5.41) is 3.34. The highest BCUT2D eigenvalue weighted by atomic mass is 32.1. The lowest BCUT2D eigenvalue weighted by atomic mass is 10.2. The Morgan fingerprint density at radius 3 is 2.50 bits per heavy atom. The van der Waals surface area contributed by atoms with Crippen molar-refractivity contribution in [1.82, 2.24) is 10.3 Å². The quantitative estimate of drug-likeness (QED) is 0.699. The predicted molar refractivity (Wildman–Crippen MR) is 106 cm³/mol. The number of rotatable bonds is 7. The summed E-state index contributed by atoms with van der Waals surface area (Å²) >= 11 is 1.31. The van der Waals surface area contributed by atoms with Crippen molar-refractivity contribution >= 4 is 23.4 Å². The van der Waals surface area contributed by atoms with Crippen LogP contribution in [-0.2, 0) is 20.8 Å². The van der Waals surface area contributed by atoms with Crippen molar-refractivity contribution in [2.45, 2.75) is 45.9 Å². The van der Waals surface area contributed by atoms with Crippen molar-refractivity contribution < 1.29 is 23.8 Å². The van der Waals surface area contributed by atoms with Crippen LogP contribution >= 0.6 is 11.3 Å². The van der Waals surface area contributed by atoms with Gasteiger partial charge in [0.2, 0.25) is 0 Å². The molecule has 0 bridgehead atoms. The molecule has 7 nitrogen and oxygen atoms in total. The fourth-order valence-electron chi connectivity index (χ4n) is 2.35. The Balaban J connectivity index is 2.13. The molecule has 0 unspecified atom stereocenters. The molecule has 0 radical (unpaired) electrons. The maximum atomic E-state index is 12.3. The molecule has 0 fully saturated rings. The van der Waals surface area contributed by atoms with Gasteiger partial charge in [-0.1, -0.05) is 30.3 Å². The van der Waals surface area contributed by atoms with Crippen molar-refractivity contribution in [3.05, 3.63) is 51.5 Å². The molecular formula is C20H26N2O5S. The van der Waals surface area contributed by atoms with E-state index in [2.05, 4.69) is 10.3 Å². The van der Waals surface area contributed by atoms with Gasteiger partial charge in [0.25, 0.3) is 0 Å². The number of alkyl carbamates (subject to hydrolysis) is 1. The Bertz CT molecular complexity index is 799. The topological polar surface area (TPSA) is 86.8 Å². The van der Waals surface area contributed by atoms with E-state index in [4.69, 9.17) is 14.2 Å². The summed E-state index contributed by atoms with van der Waals surface area (Å²) in [6.45, 7) is 7.72. The molecule has 2 rings (SSSR count). The number of amides is 1. The summed E-state index contributed by atoms with van der Waals surface area (Å²) < 4.78 is 15.9. The Morgan fingerprint density at radius 2 is 1.89 bits per heavy atom. The average Bonchev–Trinajstić information content (AvgIpc) is 3.01. The van der Waals surface area contributed by atoms with Crippen molar-refractivity contribution in [2.24, 2.45) is 0 Å². The van der Waals surface area contributed by atoms with Crippen LogP contribution in [0, 0.1) is 6.92 Å². The molecule has 1 aromatic carbocycles. The van der Waals surface area contributed by atoms with Crippen LogP contribution in [0.5, 0.6) is 0 Å². The zero-order valence-corrected chi connectivity index (χ0v) is 17.6. The smallest absolute Gasteiger partial charge is 0.408 e. The van der Waals surface area contributed by atoms with E-state index in [1.807, 2.05) is 30.3 Å². The number of carbonyl (C=O) groups excluding carboxylic acids is 2. The minimum Gasteiger partial charge on any atom is -0.464 e. The summed E-state index contributed by atoms with van der Waals surface area (Å²) in [4.78, 5) is 29.2. The van der Waals surface area contributed by atoms with E-state index < -0.39 is 23.7 Å². The second-order valence-corrected chi connectivity index (χ2v) is 8.38. The Hall–Kier alpha value is -2.45. The number of hydrogen-bond donors (Lipinski definition) is 1. The molecule has 0 saturated heterocycles. The second kappa shape index (κ2) is 9.66. The average molecular weight is 407 g/mol. The summed E-state index contributed by atoms with van der Waals surface area (Å²) in [5.74, 6) is -0.513. The number of benzene rings is 1. The van der Waals surface area contributed by atoms with E-state index in [0.717, 1.165) is 5.56 Å². The molecule has 0 aliphatic rings. The summed E-state index contributed by atoms with van der Waals surface area (Å²) in [5.41, 5.74) is 0.626. The van der Waals surface area contributed by atoms with Crippen LogP contribution in [0.25, 0.3) is 0 Å². The Kier molecular flexibility index (Phi) is 7.53. The lowest BCUT2D eigenvalue weighted by molar-refractivity contribution is 0.0427. The molecule has 1 amide bonds. The first-order valence-corrected chi connectivity index (χ1v) is 9.68. The zero-order chi connectivity index (χ0) is 20.7. The number of aromatic nitrogens is 1. The number of methoxy groups -OCH3 is 1. The van der Waals surface area contributed by atoms with Crippen LogP contribution < -0.4 is 5.32 Å². The van der Waals surface area contributed by atoms with Crippen LogP contribution in [0.3, 0.4) is 0 Å². The number of aryl methyl sites for hydroxylation is 1. The van der Waals surface area contributed by atoms with Gasteiger partial charge in [-0.3, -0.25) is 0 Å². The van der Waals surface area contributed by atoms with Gasteiger partial charge in [-0.15, -0.1) is 11.3 Å². The van der Waals surface area contributed by atoms with E-state index in [0.29, 0.717) is 16.5 Å². The minimum absolute atomic E-state index is 0.182. The molecule has 8 heteroatoms. The number of hydrogen-bond acceptors (Lipinski definition) is 7. The third-order valence-corrected chi connectivity index (χ3v) is 4.66. The second-order valence-electron chi connectivity index (χ2n) is 7.15. The first kappa shape index (κ1) is 21.8. The fourth-order valence-corrected chi connectivity index (χ4v) is 3.29. The maximum Gasteiger partial charge on any atom is 0.408 e. The van der Waals surface area contributed by atoms with E-state index >= 15 is 0 Å². The fraction of sp³-hybridized carbons (Fsp3) is 0.450. The first-order chi connectivity index (χ1) is 13.2. The molecule has 1 N–H and O–H groups in total. The van der Waals surface area contributed by atoms with Gasteiger partial charge < -0.3 is 19.5 Å². The molecule has 0 spiro atoms. The van der Waals surface area contributed by atoms with Crippen LogP contribution in [0.2, 0.25) is 0 Å². The lowest BCUT2D eigenvalue weighted by Gasteiger charge is -2.22. The lowest BCUT2D eigenvalue weighted by Crippen LogP contribution is -2.36. The van der Waals surface area contributed by atoms with Crippen LogP contribution in [0.4, 0.5) is 4.79 Å². The number of ether oxygens (including phenoxy) is 3. The monoisotopic (exact) mass is 406 g/mol. The van der Waals surface area contributed by atoms with Crippen molar-refractivity contribution in [3.8, 4) is 0 Å². The van der Waals surface area contributed by atoms with Crippen LogP contribution in [-0.4, -0.2) is 36.4 Å². The normalized spacial score (nSPS) is 12.3. The predicted octanol–water partition coefficient (Wildman–Crippen LogP) is 4.02. The van der Waals surface area contributed by atoms with E-state index in [-0.39, 0.29) is 12.3 Å². The van der Waals surface area contributed by atoms with Gasteiger partial charge >= 0.3 is 12.1 Å². The van der Waals surface area contributed by atoms with Gasteiger partial charge in [0.1, 0.15) is 16.7 Å². The SMILES string of the molecule is COC(=O)c1nc([C@H](COCc2ccccc2)NC(=O)OC(C)(C)C)sc1C. The molecule has 0 aliphatic heterocycles. The van der Waals surface area contributed by atoms with Crippen LogP contribution in [0.1, 0.15) is 52.7 Å². The van der Waals surface area contributed by atoms with Gasteiger partial charge in [-0.25, -0.2) is 14.6 Å². The number of carbonyl (C=O) groups is 2. The summed E-state index contributed by atoms with van der Waals surface area (Å²) in [7, 11) is 1.31. The Morgan fingerprint density at radius 1 is 1.21 bits per heavy atom. The van der Waals surface area contributed by atoms with Crippen molar-refractivity contribution in [3.63, 3.8) is 0 Å². The molecular weight excluding hydrogens is 380 g/mol. The largest absolute Gasteiger partial charge is 0.464 e.